The highest BCUT2D eigenvalue weighted by Crippen LogP contribution is 2.25. The predicted octanol–water partition coefficient (Wildman–Crippen LogP) is 2.72. The third kappa shape index (κ3) is 5.14. The number of carbonyl (C=O) groups excluding carboxylic acids is 2. The van der Waals surface area contributed by atoms with Crippen LogP contribution in [0.1, 0.15) is 12.5 Å². The maximum absolute atomic E-state index is 12.3. The highest BCUT2D eigenvalue weighted by molar-refractivity contribution is 9.10. The zero-order chi connectivity index (χ0) is 16.8. The van der Waals surface area contributed by atoms with Gasteiger partial charge >= 0.3 is 6.03 Å². The minimum absolute atomic E-state index is 0.0422. The number of benzene rings is 1. The molecule has 1 N–H and O–H groups in total. The summed E-state index contributed by atoms with van der Waals surface area (Å²) < 4.78 is 1.05. The molecule has 5 nitrogen and oxygen atoms in total. The van der Waals surface area contributed by atoms with Crippen LogP contribution in [0, 0.1) is 6.92 Å². The van der Waals surface area contributed by atoms with Gasteiger partial charge in [0.1, 0.15) is 0 Å². The van der Waals surface area contributed by atoms with E-state index in [-0.39, 0.29) is 11.9 Å². The lowest BCUT2D eigenvalue weighted by Gasteiger charge is -2.34. The Kier molecular flexibility index (Phi) is 6.77. The average Bonchev–Trinajstić information content (AvgIpc) is 2.54. The van der Waals surface area contributed by atoms with Crippen LogP contribution in [0.4, 0.5) is 4.79 Å². The van der Waals surface area contributed by atoms with Crippen LogP contribution in [-0.4, -0.2) is 60.2 Å². The molecule has 1 saturated heterocycles. The molecule has 1 aliphatic rings. The lowest BCUT2D eigenvalue weighted by molar-refractivity contribution is -0.129. The van der Waals surface area contributed by atoms with Gasteiger partial charge in [0.2, 0.25) is 5.91 Å². The summed E-state index contributed by atoms with van der Waals surface area (Å²) in [5.41, 5.74) is 1.17. The first-order valence-electron chi connectivity index (χ1n) is 7.70. The number of hydrogen-bond acceptors (Lipinski definition) is 3. The Morgan fingerprint density at radius 3 is 2.48 bits per heavy atom. The van der Waals surface area contributed by atoms with E-state index in [2.05, 4.69) is 27.3 Å². The topological polar surface area (TPSA) is 52.7 Å². The van der Waals surface area contributed by atoms with Crippen molar-refractivity contribution in [3.8, 4) is 0 Å². The normalized spacial score (nSPS) is 14.7. The van der Waals surface area contributed by atoms with Gasteiger partial charge in [0, 0.05) is 42.1 Å². The van der Waals surface area contributed by atoms with E-state index in [0.717, 1.165) is 9.37 Å². The molecule has 1 aromatic rings. The van der Waals surface area contributed by atoms with Gasteiger partial charge in [-0.3, -0.25) is 4.79 Å². The molecule has 0 saturated carbocycles. The molecule has 23 heavy (non-hydrogen) atoms. The molecule has 1 aromatic carbocycles. The van der Waals surface area contributed by atoms with Gasteiger partial charge < -0.3 is 15.1 Å². The Balaban J connectivity index is 1.80. The second-order valence-corrected chi connectivity index (χ2v) is 7.33. The number of carbonyl (C=O) groups is 2. The summed E-state index contributed by atoms with van der Waals surface area (Å²) in [6.07, 6.45) is 0. The van der Waals surface area contributed by atoms with Crippen molar-refractivity contribution in [1.29, 1.82) is 0 Å². The maximum atomic E-state index is 12.3. The Labute approximate surface area is 149 Å². The number of urea groups is 1. The third-order valence-electron chi connectivity index (χ3n) is 3.74. The molecular formula is C16H22BrN3O2S. The summed E-state index contributed by atoms with van der Waals surface area (Å²) in [5.74, 6) is 0.566. The van der Waals surface area contributed by atoms with E-state index < -0.39 is 0 Å². The SMILES string of the molecule is CCNC(=O)N1CCN(C(=O)CSc2ccc(Br)cc2C)CC1. The van der Waals surface area contributed by atoms with Gasteiger partial charge in [0.15, 0.2) is 0 Å². The van der Waals surface area contributed by atoms with Crippen molar-refractivity contribution >= 4 is 39.6 Å². The third-order valence-corrected chi connectivity index (χ3v) is 5.39. The van der Waals surface area contributed by atoms with Crippen molar-refractivity contribution in [2.24, 2.45) is 0 Å². The van der Waals surface area contributed by atoms with Crippen LogP contribution in [0.25, 0.3) is 0 Å². The van der Waals surface area contributed by atoms with Crippen molar-refractivity contribution in [2.75, 3.05) is 38.5 Å². The first-order valence-corrected chi connectivity index (χ1v) is 9.48. The largest absolute Gasteiger partial charge is 0.338 e. The standard InChI is InChI=1S/C16H22BrN3O2S/c1-3-18-16(22)20-8-6-19(7-9-20)15(21)11-23-14-5-4-13(17)10-12(14)2/h4-5,10H,3,6-9,11H2,1-2H3,(H,18,22). The summed E-state index contributed by atoms with van der Waals surface area (Å²) in [6, 6.07) is 6.03. The Bertz CT molecular complexity index is 574. The number of piperazine rings is 1. The van der Waals surface area contributed by atoms with Crippen LogP contribution in [0.15, 0.2) is 27.6 Å². The summed E-state index contributed by atoms with van der Waals surface area (Å²) in [4.78, 5) is 28.8. The zero-order valence-electron chi connectivity index (χ0n) is 13.5. The Morgan fingerprint density at radius 1 is 1.22 bits per heavy atom. The lowest BCUT2D eigenvalue weighted by atomic mass is 10.2. The van der Waals surface area contributed by atoms with Gasteiger partial charge in [0.05, 0.1) is 5.75 Å². The van der Waals surface area contributed by atoms with Crippen LogP contribution in [-0.2, 0) is 4.79 Å². The fourth-order valence-electron chi connectivity index (χ4n) is 2.43. The highest BCUT2D eigenvalue weighted by atomic mass is 79.9. The van der Waals surface area contributed by atoms with Crippen molar-refractivity contribution in [3.63, 3.8) is 0 Å². The number of hydrogen-bond donors (Lipinski definition) is 1. The minimum atomic E-state index is -0.0422. The van der Waals surface area contributed by atoms with E-state index in [1.807, 2.05) is 30.9 Å². The molecule has 0 aliphatic carbocycles. The smallest absolute Gasteiger partial charge is 0.317 e. The molecule has 3 amide bonds. The summed E-state index contributed by atoms with van der Waals surface area (Å²) in [5, 5.41) is 2.79. The summed E-state index contributed by atoms with van der Waals surface area (Å²) in [7, 11) is 0. The van der Waals surface area contributed by atoms with E-state index in [1.54, 1.807) is 16.7 Å². The van der Waals surface area contributed by atoms with Crippen molar-refractivity contribution in [1.82, 2.24) is 15.1 Å². The van der Waals surface area contributed by atoms with Gasteiger partial charge in [-0.25, -0.2) is 4.79 Å². The number of rotatable bonds is 4. The van der Waals surface area contributed by atoms with Gasteiger partial charge in [-0.2, -0.15) is 0 Å². The molecule has 1 heterocycles. The number of nitrogens with one attached hydrogen (secondary N) is 1. The molecule has 7 heteroatoms. The number of aryl methyl sites for hydroxylation is 1. The first kappa shape index (κ1) is 18.1. The molecule has 0 atom stereocenters. The number of amides is 3. The van der Waals surface area contributed by atoms with Crippen LogP contribution < -0.4 is 5.32 Å². The van der Waals surface area contributed by atoms with Gasteiger partial charge in [-0.15, -0.1) is 11.8 Å². The second-order valence-electron chi connectivity index (χ2n) is 5.40. The zero-order valence-corrected chi connectivity index (χ0v) is 15.9. The molecule has 0 spiro atoms. The summed E-state index contributed by atoms with van der Waals surface area (Å²) >= 11 is 5.01. The van der Waals surface area contributed by atoms with Gasteiger partial charge in [-0.05, 0) is 37.6 Å². The van der Waals surface area contributed by atoms with E-state index >= 15 is 0 Å². The molecule has 0 unspecified atom stereocenters. The monoisotopic (exact) mass is 399 g/mol. The van der Waals surface area contributed by atoms with Crippen molar-refractivity contribution in [3.05, 3.63) is 28.2 Å². The van der Waals surface area contributed by atoms with Gasteiger partial charge in [0.25, 0.3) is 0 Å². The van der Waals surface area contributed by atoms with Crippen molar-refractivity contribution in [2.45, 2.75) is 18.7 Å². The van der Waals surface area contributed by atoms with Crippen LogP contribution >= 0.6 is 27.7 Å². The van der Waals surface area contributed by atoms with Crippen LogP contribution in [0.3, 0.4) is 0 Å². The van der Waals surface area contributed by atoms with Crippen LogP contribution in [0.2, 0.25) is 0 Å². The highest BCUT2D eigenvalue weighted by Gasteiger charge is 2.23. The molecular weight excluding hydrogens is 378 g/mol. The lowest BCUT2D eigenvalue weighted by Crippen LogP contribution is -2.53. The minimum Gasteiger partial charge on any atom is -0.338 e. The number of thioether (sulfide) groups is 1. The Morgan fingerprint density at radius 2 is 1.87 bits per heavy atom. The predicted molar refractivity (Wildman–Crippen MR) is 96.8 cm³/mol. The van der Waals surface area contributed by atoms with E-state index in [9.17, 15) is 9.59 Å². The molecule has 0 bridgehead atoms. The van der Waals surface area contributed by atoms with E-state index in [0.29, 0.717) is 38.5 Å². The fourth-order valence-corrected chi connectivity index (χ4v) is 3.82. The van der Waals surface area contributed by atoms with E-state index in [4.69, 9.17) is 0 Å². The fraction of sp³-hybridized carbons (Fsp3) is 0.500. The van der Waals surface area contributed by atoms with Gasteiger partial charge in [-0.1, -0.05) is 15.9 Å². The molecule has 0 aromatic heterocycles. The van der Waals surface area contributed by atoms with Crippen LogP contribution in [0.5, 0.6) is 0 Å². The summed E-state index contributed by atoms with van der Waals surface area (Å²) in [6.45, 7) is 6.98. The molecule has 126 valence electrons. The quantitative estimate of drug-likeness (QED) is 0.791. The van der Waals surface area contributed by atoms with Crippen molar-refractivity contribution < 1.29 is 9.59 Å². The number of nitrogens with zero attached hydrogens (tertiary/aromatic N) is 2. The Hall–Kier alpha value is -1.21. The molecule has 1 fully saturated rings. The second kappa shape index (κ2) is 8.59. The first-order chi connectivity index (χ1) is 11.0. The molecule has 1 aliphatic heterocycles. The molecule has 0 radical (unpaired) electrons. The molecule has 2 rings (SSSR count). The maximum Gasteiger partial charge on any atom is 0.317 e. The average molecular weight is 400 g/mol. The number of halogens is 1. The van der Waals surface area contributed by atoms with E-state index in [1.165, 1.54) is 5.56 Å².